The summed E-state index contributed by atoms with van der Waals surface area (Å²) in [5, 5.41) is 6.27. The van der Waals surface area contributed by atoms with Gasteiger partial charge in [0.05, 0.1) is 0 Å². The van der Waals surface area contributed by atoms with Gasteiger partial charge >= 0.3 is 6.09 Å². The second-order valence-corrected chi connectivity index (χ2v) is 5.94. The maximum atomic E-state index is 12.2. The number of ether oxygens (including phenoxy) is 1. The van der Waals surface area contributed by atoms with Crippen LogP contribution >= 0.6 is 0 Å². The first-order valence-electron chi connectivity index (χ1n) is 8.41. The third-order valence-corrected chi connectivity index (χ3v) is 4.17. The molecule has 0 aliphatic rings. The zero-order valence-corrected chi connectivity index (χ0v) is 14.5. The Bertz CT molecular complexity index is 889. The summed E-state index contributed by atoms with van der Waals surface area (Å²) in [5.41, 5.74) is 2.83. The predicted octanol–water partition coefficient (Wildman–Crippen LogP) is 2.75. The molecule has 6 nitrogen and oxygen atoms in total. The van der Waals surface area contributed by atoms with Gasteiger partial charge in [-0.05, 0) is 17.2 Å². The lowest BCUT2D eigenvalue weighted by atomic mass is 10.0. The Kier molecular flexibility index (Phi) is 5.53. The summed E-state index contributed by atoms with van der Waals surface area (Å²) in [6, 6.07) is 16.5. The molecule has 0 saturated carbocycles. The largest absolute Gasteiger partial charge is 0.445 e. The highest BCUT2D eigenvalue weighted by molar-refractivity contribution is 5.88. The maximum Gasteiger partial charge on any atom is 0.408 e. The highest BCUT2D eigenvalue weighted by atomic mass is 16.5. The summed E-state index contributed by atoms with van der Waals surface area (Å²) in [7, 11) is 1.54. The number of carbonyl (C=O) groups excluding carboxylic acids is 2. The Hall–Kier alpha value is -3.28. The molecule has 0 aliphatic carbocycles. The van der Waals surface area contributed by atoms with Crippen molar-refractivity contribution in [1.82, 2.24) is 15.6 Å². The lowest BCUT2D eigenvalue weighted by Crippen LogP contribution is -2.47. The highest BCUT2D eigenvalue weighted by Gasteiger charge is 2.22. The Morgan fingerprint density at radius 1 is 1.08 bits per heavy atom. The number of benzene rings is 2. The van der Waals surface area contributed by atoms with E-state index in [1.807, 2.05) is 60.8 Å². The zero-order valence-electron chi connectivity index (χ0n) is 14.5. The Balaban J connectivity index is 1.66. The van der Waals surface area contributed by atoms with Crippen LogP contribution in [0.3, 0.4) is 0 Å². The van der Waals surface area contributed by atoms with E-state index in [-0.39, 0.29) is 12.5 Å². The van der Waals surface area contributed by atoms with Crippen LogP contribution in [0.2, 0.25) is 0 Å². The molecular weight excluding hydrogens is 330 g/mol. The Labute approximate surface area is 151 Å². The number of para-hydroxylation sites is 1. The van der Waals surface area contributed by atoms with Gasteiger partial charge in [-0.2, -0.15) is 0 Å². The van der Waals surface area contributed by atoms with Crippen LogP contribution in [0.25, 0.3) is 10.9 Å². The molecule has 3 N–H and O–H groups in total. The minimum atomic E-state index is -0.720. The standard InChI is InChI=1S/C20H21N3O3/c1-21-19(24)18(11-15-12-22-17-10-6-5-9-16(15)17)23-20(25)26-13-14-7-3-2-4-8-14/h2-10,12,18,22H,11,13H2,1H3,(H,21,24)(H,23,25)/t18-/m1/s1. The van der Waals surface area contributed by atoms with Gasteiger partial charge < -0.3 is 20.4 Å². The van der Waals surface area contributed by atoms with Crippen LogP contribution in [0.5, 0.6) is 0 Å². The smallest absolute Gasteiger partial charge is 0.408 e. The first-order valence-corrected chi connectivity index (χ1v) is 8.41. The van der Waals surface area contributed by atoms with E-state index < -0.39 is 12.1 Å². The molecule has 0 spiro atoms. The van der Waals surface area contributed by atoms with Gasteiger partial charge in [-0.25, -0.2) is 4.79 Å². The third kappa shape index (κ3) is 4.22. The first kappa shape index (κ1) is 17.5. The number of carbonyl (C=O) groups is 2. The second-order valence-electron chi connectivity index (χ2n) is 5.94. The number of aromatic nitrogens is 1. The molecule has 0 saturated heterocycles. The third-order valence-electron chi connectivity index (χ3n) is 4.17. The minimum absolute atomic E-state index is 0.153. The van der Waals surface area contributed by atoms with Crippen molar-refractivity contribution in [3.63, 3.8) is 0 Å². The number of H-pyrrole nitrogens is 1. The normalized spacial score (nSPS) is 11.7. The van der Waals surface area contributed by atoms with Gasteiger partial charge in [-0.3, -0.25) is 4.79 Å². The van der Waals surface area contributed by atoms with E-state index in [0.29, 0.717) is 6.42 Å². The lowest BCUT2D eigenvalue weighted by molar-refractivity contribution is -0.122. The molecule has 1 atom stereocenters. The van der Waals surface area contributed by atoms with Crippen LogP contribution in [-0.4, -0.2) is 30.1 Å². The molecular formula is C20H21N3O3. The summed E-state index contributed by atoms with van der Waals surface area (Å²) in [4.78, 5) is 27.5. The predicted molar refractivity (Wildman–Crippen MR) is 99.6 cm³/mol. The average molecular weight is 351 g/mol. The molecule has 1 aromatic heterocycles. The van der Waals surface area contributed by atoms with Crippen molar-refractivity contribution in [2.45, 2.75) is 19.1 Å². The van der Waals surface area contributed by atoms with Crippen molar-refractivity contribution in [2.75, 3.05) is 7.05 Å². The summed E-state index contributed by atoms with van der Waals surface area (Å²) in [6.45, 7) is 0.153. The molecule has 0 fully saturated rings. The van der Waals surface area contributed by atoms with E-state index in [2.05, 4.69) is 15.6 Å². The Morgan fingerprint density at radius 3 is 2.58 bits per heavy atom. The van der Waals surface area contributed by atoms with Crippen molar-refractivity contribution in [3.8, 4) is 0 Å². The quantitative estimate of drug-likeness (QED) is 0.638. The second kappa shape index (κ2) is 8.20. The van der Waals surface area contributed by atoms with Gasteiger partial charge in [-0.1, -0.05) is 48.5 Å². The minimum Gasteiger partial charge on any atom is -0.445 e. The summed E-state index contributed by atoms with van der Waals surface area (Å²) < 4.78 is 5.22. The number of likely N-dealkylation sites (N-methyl/N-ethyl adjacent to an activating group) is 1. The summed E-state index contributed by atoms with van der Waals surface area (Å²) in [5.74, 6) is -0.271. The highest BCUT2D eigenvalue weighted by Crippen LogP contribution is 2.19. The van der Waals surface area contributed by atoms with Crippen molar-refractivity contribution < 1.29 is 14.3 Å². The molecule has 6 heteroatoms. The molecule has 134 valence electrons. The van der Waals surface area contributed by atoms with Crippen LogP contribution in [-0.2, 0) is 22.6 Å². The summed E-state index contributed by atoms with van der Waals surface area (Å²) >= 11 is 0. The molecule has 2 amide bonds. The number of hydrogen-bond acceptors (Lipinski definition) is 3. The average Bonchev–Trinajstić information content (AvgIpc) is 3.09. The van der Waals surface area contributed by atoms with E-state index in [1.165, 1.54) is 0 Å². The summed E-state index contributed by atoms with van der Waals surface area (Å²) in [6.07, 6.45) is 1.60. The van der Waals surface area contributed by atoms with Gasteiger partial charge in [0, 0.05) is 30.6 Å². The van der Waals surface area contributed by atoms with Gasteiger partial charge in [0.2, 0.25) is 5.91 Å². The number of hydrogen-bond donors (Lipinski definition) is 3. The number of rotatable bonds is 6. The van der Waals surface area contributed by atoms with Crippen molar-refractivity contribution in [3.05, 3.63) is 71.9 Å². The van der Waals surface area contributed by atoms with Crippen LogP contribution in [0.15, 0.2) is 60.8 Å². The number of amides is 2. The van der Waals surface area contributed by atoms with Gasteiger partial charge in [0.25, 0.3) is 0 Å². The molecule has 3 aromatic rings. The number of alkyl carbamates (subject to hydrolysis) is 1. The van der Waals surface area contributed by atoms with Gasteiger partial charge in [-0.15, -0.1) is 0 Å². The fraction of sp³-hybridized carbons (Fsp3) is 0.200. The van der Waals surface area contributed by atoms with E-state index in [1.54, 1.807) is 7.05 Å². The van der Waals surface area contributed by atoms with E-state index in [9.17, 15) is 9.59 Å². The molecule has 0 bridgehead atoms. The van der Waals surface area contributed by atoms with Crippen molar-refractivity contribution in [2.24, 2.45) is 0 Å². The lowest BCUT2D eigenvalue weighted by Gasteiger charge is -2.17. The maximum absolute atomic E-state index is 12.2. The molecule has 2 aromatic carbocycles. The van der Waals surface area contributed by atoms with Crippen LogP contribution in [0.1, 0.15) is 11.1 Å². The fourth-order valence-corrected chi connectivity index (χ4v) is 2.81. The number of fused-ring (bicyclic) bond motifs is 1. The topological polar surface area (TPSA) is 83.2 Å². The molecule has 3 rings (SSSR count). The molecule has 0 aliphatic heterocycles. The molecule has 1 heterocycles. The molecule has 0 radical (unpaired) electrons. The van der Waals surface area contributed by atoms with Crippen LogP contribution in [0, 0.1) is 0 Å². The van der Waals surface area contributed by atoms with E-state index in [4.69, 9.17) is 4.74 Å². The number of aromatic amines is 1. The zero-order chi connectivity index (χ0) is 18.4. The van der Waals surface area contributed by atoms with Crippen molar-refractivity contribution in [1.29, 1.82) is 0 Å². The number of nitrogens with one attached hydrogen (secondary N) is 3. The monoisotopic (exact) mass is 351 g/mol. The van der Waals surface area contributed by atoms with Crippen LogP contribution < -0.4 is 10.6 Å². The Morgan fingerprint density at radius 2 is 1.81 bits per heavy atom. The van der Waals surface area contributed by atoms with Crippen LogP contribution in [0.4, 0.5) is 4.79 Å². The van der Waals surface area contributed by atoms with E-state index >= 15 is 0 Å². The van der Waals surface area contributed by atoms with Gasteiger partial charge in [0.15, 0.2) is 0 Å². The SMILES string of the molecule is CNC(=O)[C@@H](Cc1c[nH]c2ccccc12)NC(=O)OCc1ccccc1. The molecule has 26 heavy (non-hydrogen) atoms. The van der Waals surface area contributed by atoms with Crippen molar-refractivity contribution >= 4 is 22.9 Å². The van der Waals surface area contributed by atoms with Gasteiger partial charge in [0.1, 0.15) is 12.6 Å². The fourth-order valence-electron chi connectivity index (χ4n) is 2.81. The first-order chi connectivity index (χ1) is 12.7. The molecule has 0 unspecified atom stereocenters. The van der Waals surface area contributed by atoms with E-state index in [0.717, 1.165) is 22.0 Å².